The molecule has 1 saturated heterocycles. The van der Waals surface area contributed by atoms with Gasteiger partial charge in [0.2, 0.25) is 15.9 Å². The summed E-state index contributed by atoms with van der Waals surface area (Å²) in [7, 11) is -3.24. The van der Waals surface area contributed by atoms with Gasteiger partial charge in [-0.2, -0.15) is 4.31 Å². The van der Waals surface area contributed by atoms with Crippen molar-refractivity contribution < 1.29 is 13.2 Å². The monoisotopic (exact) mass is 296 g/mol. The lowest BCUT2D eigenvalue weighted by atomic mass is 10.1. The maximum atomic E-state index is 11.8. The summed E-state index contributed by atoms with van der Waals surface area (Å²) in [5.41, 5.74) is 0. The minimum absolute atomic E-state index is 0.0332. The maximum Gasteiger partial charge on any atom is 0.222 e. The Morgan fingerprint density at radius 1 is 1.22 bits per heavy atom. The lowest BCUT2D eigenvalue weighted by molar-refractivity contribution is -0.133. The molecule has 0 aromatic heterocycles. The van der Waals surface area contributed by atoms with Crippen molar-refractivity contribution in [3.63, 3.8) is 0 Å². The Morgan fingerprint density at radius 2 is 1.78 bits per heavy atom. The summed E-state index contributed by atoms with van der Waals surface area (Å²) < 4.78 is 25.0. The van der Waals surface area contributed by atoms with Gasteiger partial charge in [-0.15, -0.1) is 11.6 Å². The van der Waals surface area contributed by atoms with Crippen molar-refractivity contribution in [2.75, 3.05) is 37.8 Å². The summed E-state index contributed by atoms with van der Waals surface area (Å²) in [6, 6.07) is 0. The number of halogens is 1. The number of hydrogen-bond donors (Lipinski definition) is 0. The lowest BCUT2D eigenvalue weighted by Crippen LogP contribution is -2.51. The Balaban J connectivity index is 2.48. The molecule has 5 nitrogen and oxygen atoms in total. The van der Waals surface area contributed by atoms with Gasteiger partial charge >= 0.3 is 0 Å². The predicted molar refractivity (Wildman–Crippen MR) is 72.1 cm³/mol. The number of rotatable bonds is 5. The SMILES string of the molecule is CC(C)CC(=O)N1CCN(S(=O)(=O)CCCl)CC1. The lowest BCUT2D eigenvalue weighted by Gasteiger charge is -2.34. The van der Waals surface area contributed by atoms with Gasteiger partial charge in [0.05, 0.1) is 5.75 Å². The number of amides is 1. The first-order valence-electron chi connectivity index (χ1n) is 6.18. The molecular formula is C11H21ClN2O3S. The fraction of sp³-hybridized carbons (Fsp3) is 0.909. The summed E-state index contributed by atoms with van der Waals surface area (Å²) in [6.07, 6.45) is 0.522. The fourth-order valence-corrected chi connectivity index (χ4v) is 3.68. The molecule has 0 aliphatic carbocycles. The average Bonchev–Trinajstić information content (AvgIpc) is 2.28. The molecule has 106 valence electrons. The third-order valence-electron chi connectivity index (χ3n) is 2.90. The van der Waals surface area contributed by atoms with Gasteiger partial charge in [0.15, 0.2) is 0 Å². The van der Waals surface area contributed by atoms with E-state index in [-0.39, 0.29) is 17.5 Å². The van der Waals surface area contributed by atoms with E-state index in [1.165, 1.54) is 4.31 Å². The minimum atomic E-state index is -3.24. The predicted octanol–water partition coefficient (Wildman–Crippen LogP) is 0.745. The molecule has 0 atom stereocenters. The summed E-state index contributed by atoms with van der Waals surface area (Å²) in [6.45, 7) is 5.71. The third kappa shape index (κ3) is 4.40. The number of nitrogens with zero attached hydrogens (tertiary/aromatic N) is 2. The average molecular weight is 297 g/mol. The van der Waals surface area contributed by atoms with Crippen LogP contribution in [0.1, 0.15) is 20.3 Å². The second-order valence-corrected chi connectivity index (χ2v) is 7.35. The summed E-state index contributed by atoms with van der Waals surface area (Å²) in [5.74, 6) is 0.512. The molecule has 0 aromatic rings. The van der Waals surface area contributed by atoms with Gasteiger partial charge in [-0.1, -0.05) is 13.8 Å². The molecule has 1 aliphatic rings. The van der Waals surface area contributed by atoms with Crippen LogP contribution in [0.2, 0.25) is 0 Å². The number of sulfonamides is 1. The van der Waals surface area contributed by atoms with E-state index in [4.69, 9.17) is 11.6 Å². The summed E-state index contributed by atoms with van der Waals surface area (Å²) in [4.78, 5) is 13.6. The van der Waals surface area contributed by atoms with Crippen LogP contribution in [0, 0.1) is 5.92 Å². The standard InChI is InChI=1S/C11H21ClN2O3S/c1-10(2)9-11(15)13-4-6-14(7-5-13)18(16,17)8-3-12/h10H,3-9H2,1-2H3. The van der Waals surface area contributed by atoms with E-state index in [0.717, 1.165) is 0 Å². The molecule has 1 fully saturated rings. The van der Waals surface area contributed by atoms with Crippen molar-refractivity contribution in [2.45, 2.75) is 20.3 Å². The first-order chi connectivity index (χ1) is 8.36. The summed E-state index contributed by atoms with van der Waals surface area (Å²) in [5, 5.41) is 0. The van der Waals surface area contributed by atoms with E-state index in [0.29, 0.717) is 38.5 Å². The van der Waals surface area contributed by atoms with Gasteiger partial charge in [0, 0.05) is 38.5 Å². The second kappa shape index (κ2) is 6.73. The first-order valence-corrected chi connectivity index (χ1v) is 8.32. The van der Waals surface area contributed by atoms with E-state index in [1.54, 1.807) is 4.90 Å². The Morgan fingerprint density at radius 3 is 2.22 bits per heavy atom. The van der Waals surface area contributed by atoms with Crippen molar-refractivity contribution in [1.29, 1.82) is 0 Å². The van der Waals surface area contributed by atoms with Crippen LogP contribution in [0.4, 0.5) is 0 Å². The zero-order chi connectivity index (χ0) is 13.8. The third-order valence-corrected chi connectivity index (χ3v) is 5.19. The van der Waals surface area contributed by atoms with Gasteiger partial charge in [-0.25, -0.2) is 8.42 Å². The van der Waals surface area contributed by atoms with Gasteiger partial charge < -0.3 is 4.90 Å². The zero-order valence-corrected chi connectivity index (χ0v) is 12.5. The van der Waals surface area contributed by atoms with Crippen LogP contribution < -0.4 is 0 Å². The van der Waals surface area contributed by atoms with E-state index in [1.807, 2.05) is 13.8 Å². The number of hydrogen-bond acceptors (Lipinski definition) is 3. The number of carbonyl (C=O) groups is 1. The maximum absolute atomic E-state index is 11.8. The van der Waals surface area contributed by atoms with E-state index in [9.17, 15) is 13.2 Å². The van der Waals surface area contributed by atoms with Crippen LogP contribution in [0.3, 0.4) is 0 Å². The highest BCUT2D eigenvalue weighted by atomic mass is 35.5. The van der Waals surface area contributed by atoms with E-state index < -0.39 is 10.0 Å². The molecule has 1 heterocycles. The highest BCUT2D eigenvalue weighted by molar-refractivity contribution is 7.89. The van der Waals surface area contributed by atoms with Crippen molar-refractivity contribution in [3.8, 4) is 0 Å². The van der Waals surface area contributed by atoms with Crippen molar-refractivity contribution in [1.82, 2.24) is 9.21 Å². The Kier molecular flexibility index (Phi) is 5.88. The van der Waals surface area contributed by atoms with Crippen LogP contribution in [0.5, 0.6) is 0 Å². The van der Waals surface area contributed by atoms with Crippen LogP contribution in [-0.4, -0.2) is 61.3 Å². The molecule has 1 aliphatic heterocycles. The molecule has 0 saturated carbocycles. The van der Waals surface area contributed by atoms with Crippen molar-refractivity contribution >= 4 is 27.5 Å². The topological polar surface area (TPSA) is 57.7 Å². The van der Waals surface area contributed by atoms with Crippen LogP contribution in [0.25, 0.3) is 0 Å². The molecule has 0 radical (unpaired) electrons. The van der Waals surface area contributed by atoms with Crippen LogP contribution >= 0.6 is 11.6 Å². The van der Waals surface area contributed by atoms with Gasteiger partial charge in [-0.05, 0) is 5.92 Å². The number of piperazine rings is 1. The largest absolute Gasteiger partial charge is 0.340 e. The van der Waals surface area contributed by atoms with Crippen LogP contribution in [-0.2, 0) is 14.8 Å². The normalized spacial score (nSPS) is 18.3. The van der Waals surface area contributed by atoms with Crippen molar-refractivity contribution in [2.24, 2.45) is 5.92 Å². The van der Waals surface area contributed by atoms with Crippen molar-refractivity contribution in [3.05, 3.63) is 0 Å². The fourth-order valence-electron chi connectivity index (χ4n) is 1.92. The molecule has 0 spiro atoms. The second-order valence-electron chi connectivity index (χ2n) is 4.88. The molecule has 0 unspecified atom stereocenters. The van der Waals surface area contributed by atoms with Gasteiger partial charge in [-0.3, -0.25) is 4.79 Å². The Bertz CT molecular complexity index is 376. The van der Waals surface area contributed by atoms with E-state index in [2.05, 4.69) is 0 Å². The number of carbonyl (C=O) groups excluding carboxylic acids is 1. The molecular weight excluding hydrogens is 276 g/mol. The van der Waals surface area contributed by atoms with E-state index >= 15 is 0 Å². The molecule has 1 rings (SSSR count). The molecule has 18 heavy (non-hydrogen) atoms. The Hall–Kier alpha value is -0.330. The van der Waals surface area contributed by atoms with Gasteiger partial charge in [0.1, 0.15) is 0 Å². The first kappa shape index (κ1) is 15.7. The highest BCUT2D eigenvalue weighted by Gasteiger charge is 2.28. The number of alkyl halides is 1. The molecule has 7 heteroatoms. The zero-order valence-electron chi connectivity index (χ0n) is 10.9. The highest BCUT2D eigenvalue weighted by Crippen LogP contribution is 2.11. The molecule has 1 amide bonds. The quantitative estimate of drug-likeness (QED) is 0.703. The summed E-state index contributed by atoms with van der Waals surface area (Å²) >= 11 is 5.47. The van der Waals surface area contributed by atoms with Crippen LogP contribution in [0.15, 0.2) is 0 Å². The molecule has 0 N–H and O–H groups in total. The molecule has 0 bridgehead atoms. The minimum Gasteiger partial charge on any atom is -0.340 e. The van der Waals surface area contributed by atoms with Gasteiger partial charge in [0.25, 0.3) is 0 Å². The Labute approximate surface area is 114 Å². The smallest absolute Gasteiger partial charge is 0.222 e. The molecule has 0 aromatic carbocycles.